The van der Waals surface area contributed by atoms with E-state index in [-0.39, 0.29) is 6.61 Å². The third-order valence-corrected chi connectivity index (χ3v) is 1.93. The topological polar surface area (TPSA) is 38.0 Å². The molecule has 0 unspecified atom stereocenters. The van der Waals surface area contributed by atoms with Gasteiger partial charge in [0.25, 0.3) is 0 Å². The van der Waals surface area contributed by atoms with E-state index >= 15 is 0 Å². The molecule has 1 aromatic heterocycles. The minimum absolute atomic E-state index is 0.257. The van der Waals surface area contributed by atoms with Crippen LogP contribution >= 0.6 is 0 Å². The van der Waals surface area contributed by atoms with Gasteiger partial charge in [-0.15, -0.1) is 0 Å². The highest BCUT2D eigenvalue weighted by Crippen LogP contribution is 2.05. The van der Waals surface area contributed by atoms with Crippen molar-refractivity contribution in [1.82, 2.24) is 9.78 Å². The van der Waals surface area contributed by atoms with Crippen LogP contribution < -0.4 is 0 Å². The molecule has 1 aromatic rings. The van der Waals surface area contributed by atoms with Crippen molar-refractivity contribution in [1.29, 1.82) is 0 Å². The highest BCUT2D eigenvalue weighted by atomic mass is 16.2. The maximum Gasteiger partial charge on any atom is 0.0492 e. The van der Waals surface area contributed by atoms with Gasteiger partial charge in [-0.1, -0.05) is 13.8 Å². The molecule has 0 saturated carbocycles. The lowest BCUT2D eigenvalue weighted by Gasteiger charge is -2.08. The summed E-state index contributed by atoms with van der Waals surface area (Å²) in [7, 11) is 0. The molecule has 74 valence electrons. The normalized spacial score (nSPS) is 11.1. The fourth-order valence-electron chi connectivity index (χ4n) is 1.34. The summed E-state index contributed by atoms with van der Waals surface area (Å²) in [5.41, 5.74) is 1.22. The molecule has 1 heterocycles. The van der Waals surface area contributed by atoms with Crippen LogP contribution in [0.1, 0.15) is 26.0 Å². The van der Waals surface area contributed by atoms with E-state index in [2.05, 4.69) is 18.9 Å². The van der Waals surface area contributed by atoms with Crippen LogP contribution in [0.2, 0.25) is 0 Å². The van der Waals surface area contributed by atoms with Crippen LogP contribution in [0.4, 0.5) is 0 Å². The van der Waals surface area contributed by atoms with Crippen LogP contribution in [0.15, 0.2) is 12.3 Å². The molecule has 0 spiro atoms. The van der Waals surface area contributed by atoms with Crippen molar-refractivity contribution in [2.24, 2.45) is 5.92 Å². The van der Waals surface area contributed by atoms with Crippen LogP contribution in [0.5, 0.6) is 0 Å². The summed E-state index contributed by atoms with van der Waals surface area (Å²) in [4.78, 5) is 0. The first-order chi connectivity index (χ1) is 6.24. The van der Waals surface area contributed by atoms with Gasteiger partial charge in [0.1, 0.15) is 0 Å². The number of aliphatic hydroxyl groups is 1. The number of aryl methyl sites for hydroxylation is 1. The second-order valence-electron chi connectivity index (χ2n) is 3.73. The molecule has 0 saturated heterocycles. The summed E-state index contributed by atoms with van der Waals surface area (Å²) in [6.45, 7) is 5.58. The zero-order valence-electron chi connectivity index (χ0n) is 8.40. The lowest BCUT2D eigenvalue weighted by atomic mass is 10.2. The molecule has 0 aliphatic carbocycles. The van der Waals surface area contributed by atoms with Gasteiger partial charge in [0.2, 0.25) is 0 Å². The van der Waals surface area contributed by atoms with Gasteiger partial charge in [-0.3, -0.25) is 4.68 Å². The maximum absolute atomic E-state index is 8.71. The minimum atomic E-state index is 0.257. The Bertz CT molecular complexity index is 243. The molecule has 3 nitrogen and oxygen atoms in total. The van der Waals surface area contributed by atoms with Crippen LogP contribution in [0, 0.1) is 5.92 Å². The Labute approximate surface area is 79.4 Å². The zero-order chi connectivity index (χ0) is 9.68. The largest absolute Gasteiger partial charge is 0.396 e. The third kappa shape index (κ3) is 3.19. The first-order valence-electron chi connectivity index (χ1n) is 4.85. The first kappa shape index (κ1) is 10.3. The molecule has 0 atom stereocenters. The summed E-state index contributed by atoms with van der Waals surface area (Å²) >= 11 is 0. The predicted octanol–water partition coefficient (Wildman–Crippen LogP) is 1.46. The summed E-state index contributed by atoms with van der Waals surface area (Å²) in [6.07, 6.45) is 3.57. The van der Waals surface area contributed by atoms with E-state index < -0.39 is 0 Å². The van der Waals surface area contributed by atoms with Crippen LogP contribution in [0.25, 0.3) is 0 Å². The van der Waals surface area contributed by atoms with Gasteiger partial charge >= 0.3 is 0 Å². The third-order valence-electron chi connectivity index (χ3n) is 1.93. The Morgan fingerprint density at radius 2 is 2.31 bits per heavy atom. The molecule has 0 aromatic carbocycles. The molecule has 13 heavy (non-hydrogen) atoms. The molecule has 0 aliphatic heterocycles. The Morgan fingerprint density at radius 3 is 2.92 bits per heavy atom. The summed E-state index contributed by atoms with van der Waals surface area (Å²) < 4.78 is 2.03. The van der Waals surface area contributed by atoms with E-state index in [0.29, 0.717) is 5.92 Å². The van der Waals surface area contributed by atoms with Crippen molar-refractivity contribution in [3.63, 3.8) is 0 Å². The number of nitrogens with zero attached hydrogens (tertiary/aromatic N) is 2. The molecule has 0 bridgehead atoms. The van der Waals surface area contributed by atoms with Gasteiger partial charge in [0.15, 0.2) is 0 Å². The SMILES string of the molecule is CC(C)Cn1nccc1CCCO. The van der Waals surface area contributed by atoms with Crippen molar-refractivity contribution in [3.8, 4) is 0 Å². The minimum Gasteiger partial charge on any atom is -0.396 e. The monoisotopic (exact) mass is 182 g/mol. The van der Waals surface area contributed by atoms with Crippen molar-refractivity contribution in [2.75, 3.05) is 6.61 Å². The molecule has 1 N–H and O–H groups in total. The highest BCUT2D eigenvalue weighted by molar-refractivity contribution is 5.00. The summed E-state index contributed by atoms with van der Waals surface area (Å²) in [5, 5.41) is 13.0. The fourth-order valence-corrected chi connectivity index (χ4v) is 1.34. The van der Waals surface area contributed by atoms with Gasteiger partial charge in [0.05, 0.1) is 0 Å². The predicted molar refractivity (Wildman–Crippen MR) is 52.5 cm³/mol. The number of hydrogen-bond acceptors (Lipinski definition) is 2. The fraction of sp³-hybridized carbons (Fsp3) is 0.700. The van der Waals surface area contributed by atoms with E-state index in [0.717, 1.165) is 19.4 Å². The number of hydrogen-bond donors (Lipinski definition) is 1. The first-order valence-corrected chi connectivity index (χ1v) is 4.85. The van der Waals surface area contributed by atoms with Gasteiger partial charge in [-0.2, -0.15) is 5.10 Å². The average Bonchev–Trinajstić information content (AvgIpc) is 2.48. The number of aliphatic hydroxyl groups excluding tert-OH is 1. The molecule has 0 fully saturated rings. The van der Waals surface area contributed by atoms with E-state index in [9.17, 15) is 0 Å². The highest BCUT2D eigenvalue weighted by Gasteiger charge is 2.03. The average molecular weight is 182 g/mol. The maximum atomic E-state index is 8.71. The summed E-state index contributed by atoms with van der Waals surface area (Å²) in [5.74, 6) is 0.618. The Balaban J connectivity index is 2.55. The molecule has 0 aliphatic rings. The summed E-state index contributed by atoms with van der Waals surface area (Å²) in [6, 6.07) is 2.03. The van der Waals surface area contributed by atoms with Crippen LogP contribution in [-0.2, 0) is 13.0 Å². The Hall–Kier alpha value is -0.830. The van der Waals surface area contributed by atoms with Crippen molar-refractivity contribution in [3.05, 3.63) is 18.0 Å². The molecule has 3 heteroatoms. The zero-order valence-corrected chi connectivity index (χ0v) is 8.40. The molecular formula is C10H18N2O. The second-order valence-corrected chi connectivity index (χ2v) is 3.73. The van der Waals surface area contributed by atoms with Crippen LogP contribution in [-0.4, -0.2) is 21.5 Å². The quantitative estimate of drug-likeness (QED) is 0.748. The Morgan fingerprint density at radius 1 is 1.54 bits per heavy atom. The molecule has 0 radical (unpaired) electrons. The van der Waals surface area contributed by atoms with Gasteiger partial charge in [-0.05, 0) is 24.8 Å². The van der Waals surface area contributed by atoms with E-state index in [1.54, 1.807) is 0 Å². The van der Waals surface area contributed by atoms with Crippen molar-refractivity contribution in [2.45, 2.75) is 33.2 Å². The van der Waals surface area contributed by atoms with E-state index in [1.807, 2.05) is 16.9 Å². The van der Waals surface area contributed by atoms with Gasteiger partial charge in [0, 0.05) is 25.0 Å². The van der Waals surface area contributed by atoms with E-state index in [4.69, 9.17) is 5.11 Å². The number of aromatic nitrogens is 2. The second kappa shape index (κ2) is 5.02. The molecule has 1 rings (SSSR count). The van der Waals surface area contributed by atoms with E-state index in [1.165, 1.54) is 5.69 Å². The smallest absolute Gasteiger partial charge is 0.0492 e. The van der Waals surface area contributed by atoms with Gasteiger partial charge in [-0.25, -0.2) is 0 Å². The molecule has 0 amide bonds. The van der Waals surface area contributed by atoms with Gasteiger partial charge < -0.3 is 5.11 Å². The van der Waals surface area contributed by atoms with Crippen LogP contribution in [0.3, 0.4) is 0 Å². The Kier molecular flexibility index (Phi) is 3.96. The van der Waals surface area contributed by atoms with Crippen molar-refractivity contribution >= 4 is 0 Å². The standard InChI is InChI=1S/C10H18N2O/c1-9(2)8-12-10(4-3-7-13)5-6-11-12/h5-6,9,13H,3-4,7-8H2,1-2H3. The lowest BCUT2D eigenvalue weighted by Crippen LogP contribution is -2.09. The number of rotatable bonds is 5. The lowest BCUT2D eigenvalue weighted by molar-refractivity contribution is 0.286. The molecular weight excluding hydrogens is 164 g/mol. The van der Waals surface area contributed by atoms with Crippen molar-refractivity contribution < 1.29 is 5.11 Å².